The number of nitrogens with zero attached hydrogens (tertiary/aromatic N) is 4. The molecule has 0 saturated heterocycles. The van der Waals surface area contributed by atoms with Crippen molar-refractivity contribution in [3.63, 3.8) is 0 Å². The van der Waals surface area contributed by atoms with E-state index in [1.807, 2.05) is 42.7 Å². The molecular formula is C42H26N4. The maximum Gasteiger partial charge on any atom is 0.0972 e. The molecule has 0 amide bonds. The van der Waals surface area contributed by atoms with Crippen LogP contribution in [0.1, 0.15) is 0 Å². The Hall–Kier alpha value is -6.26. The fourth-order valence-electron chi connectivity index (χ4n) is 6.50. The van der Waals surface area contributed by atoms with Gasteiger partial charge in [0.15, 0.2) is 0 Å². The van der Waals surface area contributed by atoms with Gasteiger partial charge in [-0.3, -0.25) is 4.98 Å². The van der Waals surface area contributed by atoms with E-state index >= 15 is 0 Å². The van der Waals surface area contributed by atoms with Crippen LogP contribution in [0.25, 0.3) is 88.4 Å². The summed E-state index contributed by atoms with van der Waals surface area (Å²) in [6.45, 7) is 0. The summed E-state index contributed by atoms with van der Waals surface area (Å²) in [5.74, 6) is 0. The lowest BCUT2D eigenvalue weighted by Gasteiger charge is -2.15. The third kappa shape index (κ3) is 4.39. The lowest BCUT2D eigenvalue weighted by atomic mass is 9.92. The molecule has 46 heavy (non-hydrogen) atoms. The minimum atomic E-state index is 0.887. The van der Waals surface area contributed by atoms with Gasteiger partial charge in [-0.15, -0.1) is 0 Å². The Morgan fingerprint density at radius 2 is 1.02 bits per heavy atom. The van der Waals surface area contributed by atoms with E-state index in [0.717, 1.165) is 71.9 Å². The molecule has 0 N–H and O–H groups in total. The smallest absolute Gasteiger partial charge is 0.0972 e. The number of benzene rings is 5. The largest absolute Gasteiger partial charge is 0.265 e. The van der Waals surface area contributed by atoms with Gasteiger partial charge in [-0.05, 0) is 41.5 Å². The van der Waals surface area contributed by atoms with Crippen LogP contribution in [-0.4, -0.2) is 19.9 Å². The maximum absolute atomic E-state index is 5.28. The molecule has 0 unspecified atom stereocenters. The average Bonchev–Trinajstić information content (AvgIpc) is 3.14. The maximum atomic E-state index is 5.28. The summed E-state index contributed by atoms with van der Waals surface area (Å²) >= 11 is 0. The molecule has 4 nitrogen and oxygen atoms in total. The number of aromatic nitrogens is 4. The molecule has 9 rings (SSSR count). The fraction of sp³-hybridized carbons (Fsp3) is 0. The molecule has 4 aromatic heterocycles. The van der Waals surface area contributed by atoms with Crippen LogP contribution in [0.3, 0.4) is 0 Å². The minimum Gasteiger partial charge on any atom is -0.265 e. The quantitative estimate of drug-likeness (QED) is 0.193. The monoisotopic (exact) mass is 586 g/mol. The second-order valence-corrected chi connectivity index (χ2v) is 11.5. The summed E-state index contributed by atoms with van der Waals surface area (Å²) < 4.78 is 0. The van der Waals surface area contributed by atoms with Crippen LogP contribution in [-0.2, 0) is 0 Å². The van der Waals surface area contributed by atoms with E-state index in [0.29, 0.717) is 0 Å². The lowest BCUT2D eigenvalue weighted by Crippen LogP contribution is -1.94. The van der Waals surface area contributed by atoms with Crippen molar-refractivity contribution in [2.24, 2.45) is 0 Å². The summed E-state index contributed by atoms with van der Waals surface area (Å²) in [5.41, 5.74) is 11.0. The summed E-state index contributed by atoms with van der Waals surface area (Å²) in [6, 6.07) is 50.6. The third-order valence-corrected chi connectivity index (χ3v) is 8.74. The Morgan fingerprint density at radius 3 is 1.72 bits per heavy atom. The average molecular weight is 587 g/mol. The highest BCUT2D eigenvalue weighted by Crippen LogP contribution is 2.39. The minimum absolute atomic E-state index is 0.887. The van der Waals surface area contributed by atoms with Crippen molar-refractivity contribution in [1.82, 2.24) is 19.9 Å². The first-order valence-electron chi connectivity index (χ1n) is 15.4. The molecule has 0 radical (unpaired) electrons. The van der Waals surface area contributed by atoms with Crippen LogP contribution in [0.2, 0.25) is 0 Å². The zero-order valence-electron chi connectivity index (χ0n) is 24.8. The molecule has 0 saturated carbocycles. The second-order valence-electron chi connectivity index (χ2n) is 11.5. The summed E-state index contributed by atoms with van der Waals surface area (Å²) in [4.78, 5) is 19.9. The molecule has 0 fully saturated rings. The molecule has 0 aliphatic carbocycles. The van der Waals surface area contributed by atoms with E-state index in [1.54, 1.807) is 0 Å². The topological polar surface area (TPSA) is 51.6 Å². The Kier molecular flexibility index (Phi) is 6.10. The van der Waals surface area contributed by atoms with Gasteiger partial charge in [0.05, 0.1) is 33.6 Å². The van der Waals surface area contributed by atoms with Crippen LogP contribution in [0.4, 0.5) is 0 Å². The van der Waals surface area contributed by atoms with Gasteiger partial charge in [0.2, 0.25) is 0 Å². The zero-order valence-corrected chi connectivity index (χ0v) is 24.8. The van der Waals surface area contributed by atoms with Crippen LogP contribution in [0, 0.1) is 0 Å². The van der Waals surface area contributed by atoms with Gasteiger partial charge < -0.3 is 0 Å². The summed E-state index contributed by atoms with van der Waals surface area (Å²) in [6.07, 6.45) is 3.65. The molecule has 0 aliphatic rings. The molecular weight excluding hydrogens is 560 g/mol. The van der Waals surface area contributed by atoms with Gasteiger partial charge in [-0.1, -0.05) is 115 Å². The molecule has 5 aromatic carbocycles. The molecule has 4 heteroatoms. The van der Waals surface area contributed by atoms with Gasteiger partial charge >= 0.3 is 0 Å². The van der Waals surface area contributed by atoms with Crippen LogP contribution in [0.5, 0.6) is 0 Å². The highest BCUT2D eigenvalue weighted by atomic mass is 14.8. The van der Waals surface area contributed by atoms with Crippen molar-refractivity contribution in [1.29, 1.82) is 0 Å². The predicted octanol–water partition coefficient (Wildman–Crippen LogP) is 10.5. The van der Waals surface area contributed by atoms with E-state index in [4.69, 9.17) is 15.0 Å². The second kappa shape index (κ2) is 10.7. The number of hydrogen-bond donors (Lipinski definition) is 0. The van der Waals surface area contributed by atoms with Crippen molar-refractivity contribution >= 4 is 43.5 Å². The molecule has 0 bridgehead atoms. The molecule has 0 spiro atoms. The highest BCUT2D eigenvalue weighted by Gasteiger charge is 2.16. The molecule has 214 valence electrons. The SMILES string of the molecule is c1ccc(-c2ccc3ccc4ccc(-c5ccc6c(c5)nc(-c5ccncc5)c5cccc(-c7ccccc7)c56)nc4c3n2)cc1. The van der Waals surface area contributed by atoms with Crippen molar-refractivity contribution < 1.29 is 0 Å². The lowest BCUT2D eigenvalue weighted by molar-refractivity contribution is 1.32. The molecule has 9 aromatic rings. The van der Waals surface area contributed by atoms with Crippen molar-refractivity contribution in [2.75, 3.05) is 0 Å². The van der Waals surface area contributed by atoms with E-state index in [9.17, 15) is 0 Å². The van der Waals surface area contributed by atoms with Crippen molar-refractivity contribution in [3.8, 4) is 44.9 Å². The first-order valence-corrected chi connectivity index (χ1v) is 15.4. The molecule has 0 atom stereocenters. The van der Waals surface area contributed by atoms with E-state index in [1.165, 1.54) is 16.5 Å². The van der Waals surface area contributed by atoms with Crippen molar-refractivity contribution in [3.05, 3.63) is 158 Å². The zero-order chi connectivity index (χ0) is 30.5. The van der Waals surface area contributed by atoms with Gasteiger partial charge in [-0.25, -0.2) is 15.0 Å². The van der Waals surface area contributed by atoms with E-state index < -0.39 is 0 Å². The number of rotatable bonds is 4. The Balaban J connectivity index is 1.27. The van der Waals surface area contributed by atoms with Gasteiger partial charge in [-0.2, -0.15) is 0 Å². The van der Waals surface area contributed by atoms with Crippen LogP contribution >= 0.6 is 0 Å². The normalized spacial score (nSPS) is 11.5. The van der Waals surface area contributed by atoms with E-state index in [-0.39, 0.29) is 0 Å². The van der Waals surface area contributed by atoms with Crippen LogP contribution in [0.15, 0.2) is 158 Å². The van der Waals surface area contributed by atoms with Crippen molar-refractivity contribution in [2.45, 2.75) is 0 Å². The van der Waals surface area contributed by atoms with Gasteiger partial charge in [0.25, 0.3) is 0 Å². The molecule has 4 heterocycles. The van der Waals surface area contributed by atoms with Gasteiger partial charge in [0.1, 0.15) is 0 Å². The standard InChI is InChI=1S/C42H26N4/c1-3-8-27(9-4-1)33-12-7-13-35-39(33)34-19-16-32(26-38(34)46-40(35)31-22-24-43-25-23-31)37-21-18-30-15-14-29-17-20-36(28-10-5-2-6-11-28)44-41(29)42(30)45-37/h1-26H. The number of fused-ring (bicyclic) bond motifs is 6. The first-order chi connectivity index (χ1) is 22.8. The molecule has 0 aliphatic heterocycles. The Morgan fingerprint density at radius 1 is 0.391 bits per heavy atom. The fourth-order valence-corrected chi connectivity index (χ4v) is 6.50. The highest BCUT2D eigenvalue weighted by molar-refractivity contribution is 6.17. The number of pyridine rings is 4. The first kappa shape index (κ1) is 26.2. The van der Waals surface area contributed by atoms with E-state index in [2.05, 4.69) is 120 Å². The summed E-state index contributed by atoms with van der Waals surface area (Å²) in [5, 5.41) is 5.54. The van der Waals surface area contributed by atoms with Gasteiger partial charge in [0, 0.05) is 56.0 Å². The predicted molar refractivity (Wildman–Crippen MR) is 189 cm³/mol. The summed E-state index contributed by atoms with van der Waals surface area (Å²) in [7, 11) is 0. The van der Waals surface area contributed by atoms with Crippen LogP contribution < -0.4 is 0 Å². The Bertz CT molecular complexity index is 2560. The Labute approximate surface area is 265 Å². The number of hydrogen-bond acceptors (Lipinski definition) is 4. The third-order valence-electron chi connectivity index (χ3n) is 8.74.